The van der Waals surface area contributed by atoms with Crippen LogP contribution in [0.3, 0.4) is 0 Å². The first-order valence-electron chi connectivity index (χ1n) is 5.89. The van der Waals surface area contributed by atoms with E-state index in [0.29, 0.717) is 11.9 Å². The molecule has 0 aliphatic carbocycles. The van der Waals surface area contributed by atoms with Crippen LogP contribution in [-0.2, 0) is 7.05 Å². The molecule has 0 bridgehead atoms. The van der Waals surface area contributed by atoms with Crippen molar-refractivity contribution < 1.29 is 0 Å². The van der Waals surface area contributed by atoms with Crippen LogP contribution in [0.5, 0.6) is 0 Å². The van der Waals surface area contributed by atoms with Crippen LogP contribution in [0.1, 0.15) is 32.1 Å². The zero-order valence-electron chi connectivity index (χ0n) is 10.8. The molecular formula is C11H17N7. The molecule has 0 aromatic carbocycles. The van der Waals surface area contributed by atoms with Crippen LogP contribution >= 0.6 is 0 Å². The minimum absolute atomic E-state index is 0.0416. The molecule has 7 nitrogen and oxygen atoms in total. The molecule has 0 fully saturated rings. The molecule has 1 N–H and O–H groups in total. The zero-order valence-corrected chi connectivity index (χ0v) is 10.8. The third-order valence-corrected chi connectivity index (χ3v) is 2.56. The SMILES string of the molecule is CC(C)CC(Nc1ncncn1)c1ncnn1C. The molecule has 0 aliphatic rings. The Bertz CT molecular complexity index is 479. The van der Waals surface area contributed by atoms with Gasteiger partial charge in [-0.15, -0.1) is 0 Å². The Kier molecular flexibility index (Phi) is 3.81. The Morgan fingerprint density at radius 1 is 1.17 bits per heavy atom. The van der Waals surface area contributed by atoms with Crippen molar-refractivity contribution in [1.82, 2.24) is 29.7 Å². The molecule has 1 atom stereocenters. The van der Waals surface area contributed by atoms with Gasteiger partial charge in [0.2, 0.25) is 5.95 Å². The Morgan fingerprint density at radius 2 is 1.89 bits per heavy atom. The van der Waals surface area contributed by atoms with E-state index >= 15 is 0 Å². The zero-order chi connectivity index (χ0) is 13.0. The first-order valence-corrected chi connectivity index (χ1v) is 5.89. The van der Waals surface area contributed by atoms with Crippen molar-refractivity contribution in [1.29, 1.82) is 0 Å². The van der Waals surface area contributed by atoms with Gasteiger partial charge in [-0.3, -0.25) is 4.68 Å². The van der Waals surface area contributed by atoms with Crippen LogP contribution in [0.2, 0.25) is 0 Å². The number of anilines is 1. The number of aromatic nitrogens is 6. The van der Waals surface area contributed by atoms with Crippen molar-refractivity contribution in [3.05, 3.63) is 24.8 Å². The highest BCUT2D eigenvalue weighted by atomic mass is 15.3. The predicted molar refractivity (Wildman–Crippen MR) is 66.6 cm³/mol. The van der Waals surface area contributed by atoms with E-state index < -0.39 is 0 Å². The second-order valence-electron chi connectivity index (χ2n) is 4.53. The summed E-state index contributed by atoms with van der Waals surface area (Å²) in [5, 5.41) is 7.37. The maximum Gasteiger partial charge on any atom is 0.226 e. The van der Waals surface area contributed by atoms with E-state index in [1.807, 2.05) is 7.05 Å². The molecule has 0 saturated heterocycles. The van der Waals surface area contributed by atoms with Gasteiger partial charge in [0.1, 0.15) is 24.8 Å². The fourth-order valence-electron chi connectivity index (χ4n) is 1.79. The number of hydrogen-bond donors (Lipinski definition) is 1. The molecule has 1 unspecified atom stereocenters. The maximum absolute atomic E-state index is 4.28. The summed E-state index contributed by atoms with van der Waals surface area (Å²) in [5.41, 5.74) is 0. The van der Waals surface area contributed by atoms with Crippen LogP contribution < -0.4 is 5.32 Å². The first-order chi connectivity index (χ1) is 8.66. The highest BCUT2D eigenvalue weighted by Crippen LogP contribution is 2.22. The van der Waals surface area contributed by atoms with Crippen LogP contribution in [0.4, 0.5) is 5.95 Å². The highest BCUT2D eigenvalue weighted by molar-refractivity contribution is 5.25. The first kappa shape index (κ1) is 12.4. The van der Waals surface area contributed by atoms with Gasteiger partial charge < -0.3 is 5.32 Å². The van der Waals surface area contributed by atoms with Gasteiger partial charge in [0.15, 0.2) is 0 Å². The molecular weight excluding hydrogens is 230 g/mol. The largest absolute Gasteiger partial charge is 0.344 e. The van der Waals surface area contributed by atoms with Gasteiger partial charge in [0.25, 0.3) is 0 Å². The Labute approximate surface area is 106 Å². The van der Waals surface area contributed by atoms with Crippen LogP contribution in [0, 0.1) is 5.92 Å². The molecule has 0 spiro atoms. The molecule has 0 saturated carbocycles. The molecule has 2 heterocycles. The summed E-state index contributed by atoms with van der Waals surface area (Å²) >= 11 is 0. The van der Waals surface area contributed by atoms with E-state index in [4.69, 9.17) is 0 Å². The third-order valence-electron chi connectivity index (χ3n) is 2.56. The second kappa shape index (κ2) is 5.52. The molecule has 2 aromatic rings. The average molecular weight is 247 g/mol. The molecule has 0 amide bonds. The van der Waals surface area contributed by atoms with E-state index in [1.165, 1.54) is 12.7 Å². The Morgan fingerprint density at radius 3 is 2.44 bits per heavy atom. The summed E-state index contributed by atoms with van der Waals surface area (Å²) < 4.78 is 1.77. The molecule has 18 heavy (non-hydrogen) atoms. The van der Waals surface area contributed by atoms with E-state index in [-0.39, 0.29) is 6.04 Å². The third kappa shape index (κ3) is 2.99. The lowest BCUT2D eigenvalue weighted by atomic mass is 10.0. The lowest BCUT2D eigenvalue weighted by Gasteiger charge is -2.19. The number of rotatable bonds is 5. The van der Waals surface area contributed by atoms with E-state index in [0.717, 1.165) is 12.2 Å². The summed E-state index contributed by atoms with van der Waals surface area (Å²) in [5.74, 6) is 1.96. The van der Waals surface area contributed by atoms with Gasteiger partial charge in [0.05, 0.1) is 6.04 Å². The Balaban J connectivity index is 2.18. The van der Waals surface area contributed by atoms with Crippen LogP contribution in [0.25, 0.3) is 0 Å². The number of hydrogen-bond acceptors (Lipinski definition) is 6. The highest BCUT2D eigenvalue weighted by Gasteiger charge is 2.18. The molecule has 0 radical (unpaired) electrons. The van der Waals surface area contributed by atoms with Crippen LogP contribution in [-0.4, -0.2) is 29.7 Å². The monoisotopic (exact) mass is 247 g/mol. The maximum atomic E-state index is 4.28. The summed E-state index contributed by atoms with van der Waals surface area (Å²) in [6.45, 7) is 4.33. The van der Waals surface area contributed by atoms with Crippen molar-refractivity contribution in [2.24, 2.45) is 13.0 Å². The molecule has 2 rings (SSSR count). The van der Waals surface area contributed by atoms with E-state index in [9.17, 15) is 0 Å². The molecule has 0 aliphatic heterocycles. The minimum atomic E-state index is 0.0416. The fourth-order valence-corrected chi connectivity index (χ4v) is 1.79. The lowest BCUT2D eigenvalue weighted by molar-refractivity contribution is 0.496. The molecule has 96 valence electrons. The van der Waals surface area contributed by atoms with Crippen molar-refractivity contribution in [3.8, 4) is 0 Å². The van der Waals surface area contributed by atoms with Crippen molar-refractivity contribution >= 4 is 5.95 Å². The number of nitrogens with one attached hydrogen (secondary N) is 1. The fraction of sp³-hybridized carbons (Fsp3) is 0.545. The smallest absolute Gasteiger partial charge is 0.226 e. The summed E-state index contributed by atoms with van der Waals surface area (Å²) in [7, 11) is 1.88. The Hall–Kier alpha value is -2.05. The topological polar surface area (TPSA) is 81.4 Å². The van der Waals surface area contributed by atoms with Gasteiger partial charge in [-0.1, -0.05) is 13.8 Å². The van der Waals surface area contributed by atoms with E-state index in [1.54, 1.807) is 11.0 Å². The van der Waals surface area contributed by atoms with E-state index in [2.05, 4.69) is 44.2 Å². The number of nitrogens with zero attached hydrogens (tertiary/aromatic N) is 6. The van der Waals surface area contributed by atoms with Crippen molar-refractivity contribution in [3.63, 3.8) is 0 Å². The van der Waals surface area contributed by atoms with Gasteiger partial charge in [-0.2, -0.15) is 5.10 Å². The summed E-state index contributed by atoms with van der Waals surface area (Å²) in [6, 6.07) is 0.0416. The lowest BCUT2D eigenvalue weighted by Crippen LogP contribution is -2.19. The van der Waals surface area contributed by atoms with Gasteiger partial charge >= 0.3 is 0 Å². The minimum Gasteiger partial charge on any atom is -0.344 e. The summed E-state index contributed by atoms with van der Waals surface area (Å²) in [4.78, 5) is 16.2. The van der Waals surface area contributed by atoms with Crippen molar-refractivity contribution in [2.75, 3.05) is 5.32 Å². The van der Waals surface area contributed by atoms with Gasteiger partial charge in [0, 0.05) is 7.05 Å². The number of aryl methyl sites for hydroxylation is 1. The quantitative estimate of drug-likeness (QED) is 0.855. The summed E-state index contributed by atoms with van der Waals surface area (Å²) in [6.07, 6.45) is 5.42. The molecule has 7 heteroatoms. The average Bonchev–Trinajstić information content (AvgIpc) is 2.75. The second-order valence-corrected chi connectivity index (χ2v) is 4.53. The normalized spacial score (nSPS) is 12.7. The van der Waals surface area contributed by atoms with Gasteiger partial charge in [-0.25, -0.2) is 19.9 Å². The molecule has 2 aromatic heterocycles. The van der Waals surface area contributed by atoms with Crippen LogP contribution in [0.15, 0.2) is 19.0 Å². The van der Waals surface area contributed by atoms with Crippen molar-refractivity contribution in [2.45, 2.75) is 26.3 Å². The standard InChI is InChI=1S/C11H17N7/c1-8(2)4-9(10-13-7-16-18(10)3)17-11-14-5-12-6-15-11/h5-9H,4H2,1-3H3,(H,12,14,15,17). The predicted octanol–water partition coefficient (Wildman–Crippen LogP) is 1.20. The van der Waals surface area contributed by atoms with Gasteiger partial charge in [-0.05, 0) is 12.3 Å².